The summed E-state index contributed by atoms with van der Waals surface area (Å²) in [6.07, 6.45) is 1.59. The van der Waals surface area contributed by atoms with E-state index in [1.165, 1.54) is 4.31 Å². The maximum Gasteiger partial charge on any atom is 0.267 e. The zero-order valence-electron chi connectivity index (χ0n) is 15.5. The standard InChI is InChI=1S/C18H27N3O3S/c1-14(2)20-13-16(17(19-20)18(3,4)5)25(23,24)21(11-12-22)15-9-7-6-8-10-15/h6-10,13-14,22H,11-12H2,1-5H3. The molecule has 6 nitrogen and oxygen atoms in total. The summed E-state index contributed by atoms with van der Waals surface area (Å²) in [5, 5.41) is 13.9. The second-order valence-electron chi connectivity index (χ2n) is 7.30. The predicted molar refractivity (Wildman–Crippen MR) is 99.4 cm³/mol. The zero-order valence-corrected chi connectivity index (χ0v) is 16.3. The minimum atomic E-state index is -3.85. The molecule has 0 aliphatic carbocycles. The highest BCUT2D eigenvalue weighted by Crippen LogP contribution is 2.32. The first-order chi connectivity index (χ1) is 11.6. The fourth-order valence-corrected chi connectivity index (χ4v) is 4.33. The molecule has 0 unspecified atom stereocenters. The van der Waals surface area contributed by atoms with Crippen LogP contribution in [0.4, 0.5) is 5.69 Å². The predicted octanol–water partition coefficient (Wildman–Crippen LogP) is 2.95. The van der Waals surface area contributed by atoms with Crippen LogP contribution in [0.1, 0.15) is 46.4 Å². The van der Waals surface area contributed by atoms with E-state index in [9.17, 15) is 13.5 Å². The van der Waals surface area contributed by atoms with Crippen molar-refractivity contribution >= 4 is 15.7 Å². The van der Waals surface area contributed by atoms with Gasteiger partial charge < -0.3 is 5.11 Å². The van der Waals surface area contributed by atoms with Crippen molar-refractivity contribution in [2.24, 2.45) is 0 Å². The summed E-state index contributed by atoms with van der Waals surface area (Å²) in [6, 6.07) is 8.86. The van der Waals surface area contributed by atoms with Gasteiger partial charge in [0.05, 0.1) is 24.5 Å². The highest BCUT2D eigenvalue weighted by molar-refractivity contribution is 7.92. The number of aromatic nitrogens is 2. The molecule has 0 aliphatic heterocycles. The Morgan fingerprint density at radius 1 is 1.20 bits per heavy atom. The average molecular weight is 365 g/mol. The first-order valence-corrected chi connectivity index (χ1v) is 9.81. The molecular weight excluding hydrogens is 338 g/mol. The van der Waals surface area contributed by atoms with Crippen LogP contribution in [-0.4, -0.2) is 36.5 Å². The lowest BCUT2D eigenvalue weighted by atomic mass is 9.92. The number of hydrogen-bond donors (Lipinski definition) is 1. The van der Waals surface area contributed by atoms with Crippen LogP contribution in [0.2, 0.25) is 0 Å². The Morgan fingerprint density at radius 2 is 1.80 bits per heavy atom. The van der Waals surface area contributed by atoms with Gasteiger partial charge in [0.2, 0.25) is 0 Å². The molecule has 1 N–H and O–H groups in total. The lowest BCUT2D eigenvalue weighted by Gasteiger charge is -2.25. The number of hydrogen-bond acceptors (Lipinski definition) is 4. The Labute approximate surface area is 150 Å². The monoisotopic (exact) mass is 365 g/mol. The fraction of sp³-hybridized carbons (Fsp3) is 0.500. The van der Waals surface area contributed by atoms with Crippen molar-refractivity contribution in [1.29, 1.82) is 0 Å². The molecule has 0 atom stereocenters. The van der Waals surface area contributed by atoms with Gasteiger partial charge in [-0.3, -0.25) is 8.99 Å². The van der Waals surface area contributed by atoms with E-state index in [4.69, 9.17) is 0 Å². The summed E-state index contributed by atoms with van der Waals surface area (Å²) in [6.45, 7) is 9.46. The Hall–Kier alpha value is -1.86. The van der Waals surface area contributed by atoms with Gasteiger partial charge in [0, 0.05) is 17.7 Å². The minimum Gasteiger partial charge on any atom is -0.394 e. The van der Waals surface area contributed by atoms with E-state index < -0.39 is 15.4 Å². The molecule has 1 aromatic carbocycles. The molecule has 0 radical (unpaired) electrons. The van der Waals surface area contributed by atoms with Crippen molar-refractivity contribution in [3.63, 3.8) is 0 Å². The summed E-state index contributed by atoms with van der Waals surface area (Å²) in [4.78, 5) is 0.186. The van der Waals surface area contributed by atoms with Crippen LogP contribution in [-0.2, 0) is 15.4 Å². The zero-order chi connectivity index (χ0) is 18.8. The number of nitrogens with zero attached hydrogens (tertiary/aromatic N) is 3. The van der Waals surface area contributed by atoms with E-state index in [1.807, 2.05) is 40.7 Å². The van der Waals surface area contributed by atoms with Gasteiger partial charge in [-0.2, -0.15) is 5.10 Å². The molecule has 2 aromatic rings. The Kier molecular flexibility index (Phi) is 5.58. The van der Waals surface area contributed by atoms with E-state index in [1.54, 1.807) is 35.1 Å². The van der Waals surface area contributed by atoms with Crippen molar-refractivity contribution in [3.8, 4) is 0 Å². The van der Waals surface area contributed by atoms with E-state index in [-0.39, 0.29) is 24.1 Å². The maximum absolute atomic E-state index is 13.4. The number of sulfonamides is 1. The van der Waals surface area contributed by atoms with E-state index in [0.717, 1.165) is 0 Å². The largest absolute Gasteiger partial charge is 0.394 e. The Bertz CT molecular complexity index is 806. The van der Waals surface area contributed by atoms with Crippen molar-refractivity contribution < 1.29 is 13.5 Å². The highest BCUT2D eigenvalue weighted by Gasteiger charge is 2.34. The molecule has 0 aliphatic rings. The molecule has 0 saturated carbocycles. The summed E-state index contributed by atoms with van der Waals surface area (Å²) in [5.74, 6) is 0. The number of para-hydroxylation sites is 1. The Morgan fingerprint density at radius 3 is 2.28 bits per heavy atom. The summed E-state index contributed by atoms with van der Waals surface area (Å²) in [5.41, 5.74) is 0.623. The molecular formula is C18H27N3O3S. The second kappa shape index (κ2) is 7.17. The molecule has 1 aromatic heterocycles. The van der Waals surface area contributed by atoms with Gasteiger partial charge in [-0.05, 0) is 26.0 Å². The molecule has 2 rings (SSSR count). The maximum atomic E-state index is 13.4. The number of aliphatic hydroxyl groups is 1. The SMILES string of the molecule is CC(C)n1cc(S(=O)(=O)N(CCO)c2ccccc2)c(C(C)(C)C)n1. The highest BCUT2D eigenvalue weighted by atomic mass is 32.2. The van der Waals surface area contributed by atoms with E-state index >= 15 is 0 Å². The van der Waals surface area contributed by atoms with Crippen LogP contribution in [0, 0.1) is 0 Å². The summed E-state index contributed by atoms with van der Waals surface area (Å²) >= 11 is 0. The van der Waals surface area contributed by atoms with Crippen LogP contribution in [0.15, 0.2) is 41.4 Å². The number of benzene rings is 1. The van der Waals surface area contributed by atoms with Gasteiger partial charge in [0.25, 0.3) is 10.0 Å². The lowest BCUT2D eigenvalue weighted by molar-refractivity contribution is 0.306. The van der Waals surface area contributed by atoms with Gasteiger partial charge >= 0.3 is 0 Å². The lowest BCUT2D eigenvalue weighted by Crippen LogP contribution is -2.34. The first-order valence-electron chi connectivity index (χ1n) is 8.37. The molecule has 138 valence electrons. The van der Waals surface area contributed by atoms with Gasteiger partial charge in [0.1, 0.15) is 4.90 Å². The fourth-order valence-electron chi connectivity index (χ4n) is 2.54. The Balaban J connectivity index is 2.64. The summed E-state index contributed by atoms with van der Waals surface area (Å²) < 4.78 is 29.7. The number of aliphatic hydroxyl groups excluding tert-OH is 1. The van der Waals surface area contributed by atoms with Crippen LogP contribution in [0.3, 0.4) is 0 Å². The van der Waals surface area contributed by atoms with E-state index in [2.05, 4.69) is 5.10 Å². The topological polar surface area (TPSA) is 75.4 Å². The van der Waals surface area contributed by atoms with Crippen LogP contribution < -0.4 is 4.31 Å². The van der Waals surface area contributed by atoms with Crippen molar-refractivity contribution in [3.05, 3.63) is 42.2 Å². The van der Waals surface area contributed by atoms with Gasteiger partial charge in [0.15, 0.2) is 0 Å². The number of rotatable bonds is 6. The third-order valence-corrected chi connectivity index (χ3v) is 5.68. The first kappa shape index (κ1) is 19.5. The third kappa shape index (κ3) is 4.04. The molecule has 0 spiro atoms. The molecule has 7 heteroatoms. The molecule has 25 heavy (non-hydrogen) atoms. The minimum absolute atomic E-state index is 0.0111. The van der Waals surface area contributed by atoms with Gasteiger partial charge in [-0.15, -0.1) is 0 Å². The molecule has 1 heterocycles. The molecule has 0 fully saturated rings. The summed E-state index contributed by atoms with van der Waals surface area (Å²) in [7, 11) is -3.85. The van der Waals surface area contributed by atoms with Crippen LogP contribution >= 0.6 is 0 Å². The molecule has 0 amide bonds. The normalized spacial score (nSPS) is 12.6. The quantitative estimate of drug-likeness (QED) is 0.854. The van der Waals surface area contributed by atoms with Crippen molar-refractivity contribution in [2.45, 2.75) is 51.0 Å². The third-order valence-electron chi connectivity index (χ3n) is 3.85. The number of anilines is 1. The average Bonchev–Trinajstić information content (AvgIpc) is 3.00. The van der Waals surface area contributed by atoms with Crippen molar-refractivity contribution in [1.82, 2.24) is 9.78 Å². The van der Waals surface area contributed by atoms with Crippen LogP contribution in [0.25, 0.3) is 0 Å². The van der Waals surface area contributed by atoms with Crippen LogP contribution in [0.5, 0.6) is 0 Å². The van der Waals surface area contributed by atoms with Gasteiger partial charge in [-0.25, -0.2) is 8.42 Å². The molecule has 0 saturated heterocycles. The van der Waals surface area contributed by atoms with Gasteiger partial charge in [-0.1, -0.05) is 39.0 Å². The smallest absolute Gasteiger partial charge is 0.267 e. The molecule has 0 bridgehead atoms. The second-order valence-corrected chi connectivity index (χ2v) is 9.13. The van der Waals surface area contributed by atoms with E-state index in [0.29, 0.717) is 11.4 Å². The van der Waals surface area contributed by atoms with Crippen molar-refractivity contribution in [2.75, 3.05) is 17.5 Å².